The predicted octanol–water partition coefficient (Wildman–Crippen LogP) is 3.30. The summed E-state index contributed by atoms with van der Waals surface area (Å²) in [7, 11) is 0. The lowest BCUT2D eigenvalue weighted by atomic mass is 10.1. The number of hydrogen-bond donors (Lipinski definition) is 1. The number of amides is 1. The van der Waals surface area contributed by atoms with Crippen molar-refractivity contribution in [3.05, 3.63) is 35.4 Å². The number of unbranched alkanes of at least 4 members (excludes halogenated alkanes) is 1. The van der Waals surface area contributed by atoms with E-state index in [0.29, 0.717) is 13.2 Å². The molecule has 1 amide bonds. The first-order valence-electron chi connectivity index (χ1n) is 7.34. The highest BCUT2D eigenvalue weighted by Crippen LogP contribution is 2.15. The number of rotatable bonds is 8. The molecule has 1 rings (SSSR count). The molecule has 1 aromatic rings. The lowest BCUT2D eigenvalue weighted by Gasteiger charge is -2.05. The quantitative estimate of drug-likeness (QED) is 0.453. The van der Waals surface area contributed by atoms with Gasteiger partial charge < -0.3 is 10.1 Å². The molecule has 0 spiro atoms. The van der Waals surface area contributed by atoms with Gasteiger partial charge in [0.25, 0.3) is 5.91 Å². The van der Waals surface area contributed by atoms with E-state index in [9.17, 15) is 4.79 Å². The van der Waals surface area contributed by atoms with E-state index in [1.807, 2.05) is 37.3 Å². The van der Waals surface area contributed by atoms with E-state index in [2.05, 4.69) is 12.2 Å². The van der Waals surface area contributed by atoms with Crippen LogP contribution < -0.4 is 10.1 Å². The maximum Gasteiger partial charge on any atom is 0.261 e. The molecule has 0 radical (unpaired) electrons. The van der Waals surface area contributed by atoms with Crippen LogP contribution in [-0.4, -0.2) is 19.1 Å². The SMILES string of the molecule is CCCCOc1ccc(/C=C(/C#N)C(=O)NCCC)cc1. The summed E-state index contributed by atoms with van der Waals surface area (Å²) in [6.07, 6.45) is 4.55. The monoisotopic (exact) mass is 286 g/mol. The molecule has 112 valence electrons. The minimum Gasteiger partial charge on any atom is -0.494 e. The van der Waals surface area contributed by atoms with Crippen LogP contribution in [0.15, 0.2) is 29.8 Å². The third kappa shape index (κ3) is 6.13. The molecule has 0 saturated heterocycles. The summed E-state index contributed by atoms with van der Waals surface area (Å²) in [6, 6.07) is 9.31. The summed E-state index contributed by atoms with van der Waals surface area (Å²) in [5.41, 5.74) is 0.921. The Morgan fingerprint density at radius 2 is 2.00 bits per heavy atom. The van der Waals surface area contributed by atoms with Gasteiger partial charge in [-0.05, 0) is 36.6 Å². The maximum atomic E-state index is 11.8. The van der Waals surface area contributed by atoms with Gasteiger partial charge in [-0.1, -0.05) is 32.4 Å². The molecule has 4 nitrogen and oxygen atoms in total. The zero-order valence-electron chi connectivity index (χ0n) is 12.7. The Balaban J connectivity index is 2.69. The van der Waals surface area contributed by atoms with E-state index in [0.717, 1.165) is 30.6 Å². The fourth-order valence-corrected chi connectivity index (χ4v) is 1.64. The summed E-state index contributed by atoms with van der Waals surface area (Å²) in [5.74, 6) is 0.470. The Bertz CT molecular complexity index is 513. The van der Waals surface area contributed by atoms with Crippen LogP contribution in [0.4, 0.5) is 0 Å². The summed E-state index contributed by atoms with van der Waals surface area (Å²) in [6.45, 7) is 5.36. The second-order valence-corrected chi connectivity index (χ2v) is 4.70. The van der Waals surface area contributed by atoms with Crippen molar-refractivity contribution < 1.29 is 9.53 Å². The van der Waals surface area contributed by atoms with Gasteiger partial charge >= 0.3 is 0 Å². The lowest BCUT2D eigenvalue weighted by Crippen LogP contribution is -2.25. The largest absolute Gasteiger partial charge is 0.494 e. The molecule has 0 fully saturated rings. The molecule has 0 heterocycles. The van der Waals surface area contributed by atoms with Gasteiger partial charge in [-0.15, -0.1) is 0 Å². The standard InChI is InChI=1S/C17H22N2O2/c1-3-5-11-21-16-8-6-14(7-9-16)12-15(13-18)17(20)19-10-4-2/h6-9,12H,3-5,10-11H2,1-2H3,(H,19,20)/b15-12-. The van der Waals surface area contributed by atoms with Crippen molar-refractivity contribution in [2.45, 2.75) is 33.1 Å². The van der Waals surface area contributed by atoms with E-state index in [4.69, 9.17) is 10.00 Å². The molecular formula is C17H22N2O2. The molecule has 0 saturated carbocycles. The topological polar surface area (TPSA) is 62.1 Å². The number of nitrogens with one attached hydrogen (secondary N) is 1. The number of carbonyl (C=O) groups is 1. The van der Waals surface area contributed by atoms with Crippen molar-refractivity contribution in [3.63, 3.8) is 0 Å². The molecule has 0 atom stereocenters. The third-order valence-corrected chi connectivity index (χ3v) is 2.86. The van der Waals surface area contributed by atoms with Crippen LogP contribution in [0.2, 0.25) is 0 Å². The van der Waals surface area contributed by atoms with Crippen molar-refractivity contribution in [2.75, 3.05) is 13.2 Å². The van der Waals surface area contributed by atoms with Crippen LogP contribution in [0.25, 0.3) is 6.08 Å². The molecule has 0 bridgehead atoms. The van der Waals surface area contributed by atoms with Gasteiger partial charge in [-0.3, -0.25) is 4.79 Å². The van der Waals surface area contributed by atoms with E-state index >= 15 is 0 Å². The van der Waals surface area contributed by atoms with E-state index in [1.54, 1.807) is 6.08 Å². The highest BCUT2D eigenvalue weighted by Gasteiger charge is 2.07. The van der Waals surface area contributed by atoms with Crippen LogP contribution in [0.3, 0.4) is 0 Å². The molecular weight excluding hydrogens is 264 g/mol. The van der Waals surface area contributed by atoms with E-state index < -0.39 is 0 Å². The lowest BCUT2D eigenvalue weighted by molar-refractivity contribution is -0.117. The van der Waals surface area contributed by atoms with Crippen LogP contribution >= 0.6 is 0 Å². The van der Waals surface area contributed by atoms with Gasteiger partial charge in [0.05, 0.1) is 6.61 Å². The Labute approximate surface area is 126 Å². The Kier molecular flexibility index (Phi) is 7.67. The van der Waals surface area contributed by atoms with Crippen molar-refractivity contribution >= 4 is 12.0 Å². The number of nitrogens with zero attached hydrogens (tertiary/aromatic N) is 1. The first-order valence-corrected chi connectivity index (χ1v) is 7.34. The number of hydrogen-bond acceptors (Lipinski definition) is 3. The number of ether oxygens (including phenoxy) is 1. The smallest absolute Gasteiger partial charge is 0.261 e. The zero-order valence-corrected chi connectivity index (χ0v) is 12.7. The summed E-state index contributed by atoms with van der Waals surface area (Å²) < 4.78 is 5.57. The van der Waals surface area contributed by atoms with Gasteiger partial charge in [0, 0.05) is 6.54 Å². The maximum absolute atomic E-state index is 11.8. The van der Waals surface area contributed by atoms with Gasteiger partial charge in [0.15, 0.2) is 0 Å². The molecule has 0 aliphatic carbocycles. The molecule has 0 aliphatic heterocycles. The fourth-order valence-electron chi connectivity index (χ4n) is 1.64. The van der Waals surface area contributed by atoms with Gasteiger partial charge in [-0.2, -0.15) is 5.26 Å². The van der Waals surface area contributed by atoms with Crippen molar-refractivity contribution in [2.24, 2.45) is 0 Å². The highest BCUT2D eigenvalue weighted by atomic mass is 16.5. The average Bonchev–Trinajstić information content (AvgIpc) is 2.52. The minimum atomic E-state index is -0.331. The first-order chi connectivity index (χ1) is 10.2. The zero-order chi connectivity index (χ0) is 15.5. The second kappa shape index (κ2) is 9.60. The van der Waals surface area contributed by atoms with Crippen LogP contribution in [-0.2, 0) is 4.79 Å². The summed E-state index contributed by atoms with van der Waals surface area (Å²) >= 11 is 0. The molecule has 4 heteroatoms. The van der Waals surface area contributed by atoms with E-state index in [1.165, 1.54) is 0 Å². The number of carbonyl (C=O) groups excluding carboxylic acids is 1. The summed E-state index contributed by atoms with van der Waals surface area (Å²) in [5, 5.41) is 11.7. The summed E-state index contributed by atoms with van der Waals surface area (Å²) in [4.78, 5) is 11.8. The normalized spacial score (nSPS) is 10.8. The van der Waals surface area contributed by atoms with Crippen LogP contribution in [0.1, 0.15) is 38.7 Å². The first kappa shape index (κ1) is 16.8. The van der Waals surface area contributed by atoms with E-state index in [-0.39, 0.29) is 11.5 Å². The minimum absolute atomic E-state index is 0.114. The van der Waals surface area contributed by atoms with Crippen molar-refractivity contribution in [1.29, 1.82) is 5.26 Å². The van der Waals surface area contributed by atoms with Gasteiger partial charge in [-0.25, -0.2) is 0 Å². The van der Waals surface area contributed by atoms with Crippen LogP contribution in [0, 0.1) is 11.3 Å². The van der Waals surface area contributed by atoms with Gasteiger partial charge in [0.2, 0.25) is 0 Å². The Morgan fingerprint density at radius 1 is 1.29 bits per heavy atom. The number of benzene rings is 1. The second-order valence-electron chi connectivity index (χ2n) is 4.70. The van der Waals surface area contributed by atoms with Gasteiger partial charge in [0.1, 0.15) is 17.4 Å². The Hall–Kier alpha value is -2.28. The van der Waals surface area contributed by atoms with Crippen LogP contribution in [0.5, 0.6) is 5.75 Å². The average molecular weight is 286 g/mol. The van der Waals surface area contributed by atoms with Crippen molar-refractivity contribution in [3.8, 4) is 11.8 Å². The number of nitriles is 1. The highest BCUT2D eigenvalue weighted by molar-refractivity contribution is 6.01. The molecule has 21 heavy (non-hydrogen) atoms. The Morgan fingerprint density at radius 3 is 2.57 bits per heavy atom. The fraction of sp³-hybridized carbons (Fsp3) is 0.412. The molecule has 1 N–H and O–H groups in total. The molecule has 1 aromatic carbocycles. The third-order valence-electron chi connectivity index (χ3n) is 2.86. The molecule has 0 aliphatic rings. The van der Waals surface area contributed by atoms with Crippen molar-refractivity contribution in [1.82, 2.24) is 5.32 Å². The predicted molar refractivity (Wildman–Crippen MR) is 83.7 cm³/mol. The molecule has 0 unspecified atom stereocenters. The molecule has 0 aromatic heterocycles.